The molecule has 1 amide bonds. The Morgan fingerprint density at radius 3 is 2.50 bits per heavy atom. The third-order valence-electron chi connectivity index (χ3n) is 3.63. The summed E-state index contributed by atoms with van der Waals surface area (Å²) in [6.45, 7) is 6.08. The van der Waals surface area contributed by atoms with Gasteiger partial charge >= 0.3 is 0 Å². The van der Waals surface area contributed by atoms with Gasteiger partial charge in [0.25, 0.3) is 0 Å². The van der Waals surface area contributed by atoms with Crippen LogP contribution in [-0.2, 0) is 4.79 Å². The number of hydrogen-bond donors (Lipinski definition) is 2. The number of primary amides is 1. The van der Waals surface area contributed by atoms with Gasteiger partial charge in [0.1, 0.15) is 0 Å². The largest absolute Gasteiger partial charge is 0.393 e. The second-order valence-corrected chi connectivity index (χ2v) is 5.14. The minimum Gasteiger partial charge on any atom is -0.393 e. The number of rotatable bonds is 2. The van der Waals surface area contributed by atoms with E-state index < -0.39 is 5.41 Å². The standard InChI is InChI=1S/C11H21NO2/c1-7(2)8-4-5-11(3,10(12)14)6-9(8)13/h7-9,13H,4-6H2,1-3H3,(H2,12,14)/t8-,9+,11-/m0/s1. The molecule has 1 aliphatic rings. The SMILES string of the molecule is CC(C)[C@@H]1CC[C@](C)(C(N)=O)C[C@H]1O. The zero-order chi connectivity index (χ0) is 10.9. The molecule has 0 aromatic heterocycles. The molecule has 3 nitrogen and oxygen atoms in total. The molecule has 82 valence electrons. The molecule has 3 N–H and O–H groups in total. The van der Waals surface area contributed by atoms with Gasteiger partial charge in [-0.05, 0) is 31.1 Å². The van der Waals surface area contributed by atoms with Gasteiger partial charge in [0.05, 0.1) is 6.10 Å². The zero-order valence-corrected chi connectivity index (χ0v) is 9.29. The third kappa shape index (κ3) is 2.08. The number of aliphatic hydroxyl groups is 1. The van der Waals surface area contributed by atoms with Crippen molar-refractivity contribution >= 4 is 5.91 Å². The van der Waals surface area contributed by atoms with Gasteiger partial charge in [-0.15, -0.1) is 0 Å². The molecular formula is C11H21NO2. The van der Waals surface area contributed by atoms with Crippen molar-refractivity contribution in [1.29, 1.82) is 0 Å². The number of aliphatic hydroxyl groups excluding tert-OH is 1. The molecule has 14 heavy (non-hydrogen) atoms. The Bertz CT molecular complexity index is 227. The molecule has 0 aromatic rings. The Hall–Kier alpha value is -0.570. The average Bonchev–Trinajstić information content (AvgIpc) is 2.02. The van der Waals surface area contributed by atoms with Gasteiger partial charge in [-0.3, -0.25) is 4.79 Å². The first-order valence-electron chi connectivity index (χ1n) is 5.35. The molecule has 0 saturated heterocycles. The van der Waals surface area contributed by atoms with Crippen molar-refractivity contribution in [3.63, 3.8) is 0 Å². The summed E-state index contributed by atoms with van der Waals surface area (Å²) in [7, 11) is 0. The summed E-state index contributed by atoms with van der Waals surface area (Å²) >= 11 is 0. The molecule has 1 fully saturated rings. The Morgan fingerprint density at radius 1 is 1.57 bits per heavy atom. The topological polar surface area (TPSA) is 63.3 Å². The Labute approximate surface area is 85.7 Å². The monoisotopic (exact) mass is 199 g/mol. The molecule has 0 bridgehead atoms. The van der Waals surface area contributed by atoms with Gasteiger partial charge in [-0.2, -0.15) is 0 Å². The van der Waals surface area contributed by atoms with Crippen LogP contribution >= 0.6 is 0 Å². The smallest absolute Gasteiger partial charge is 0.223 e. The van der Waals surface area contributed by atoms with E-state index in [1.54, 1.807) is 0 Å². The molecule has 0 unspecified atom stereocenters. The van der Waals surface area contributed by atoms with E-state index in [0.29, 0.717) is 18.3 Å². The van der Waals surface area contributed by atoms with Gasteiger partial charge in [0.2, 0.25) is 5.91 Å². The number of hydrogen-bond acceptors (Lipinski definition) is 2. The van der Waals surface area contributed by atoms with Gasteiger partial charge < -0.3 is 10.8 Å². The van der Waals surface area contributed by atoms with Crippen LogP contribution in [0.25, 0.3) is 0 Å². The predicted molar refractivity (Wildman–Crippen MR) is 55.5 cm³/mol. The van der Waals surface area contributed by atoms with Crippen LogP contribution < -0.4 is 5.73 Å². The van der Waals surface area contributed by atoms with Gasteiger partial charge in [0.15, 0.2) is 0 Å². The Kier molecular flexibility index (Phi) is 3.20. The van der Waals surface area contributed by atoms with Gasteiger partial charge in [0, 0.05) is 5.41 Å². The minimum absolute atomic E-state index is 0.279. The highest BCUT2D eigenvalue weighted by Crippen LogP contribution is 2.41. The molecule has 0 radical (unpaired) electrons. The third-order valence-corrected chi connectivity index (χ3v) is 3.63. The summed E-state index contributed by atoms with van der Waals surface area (Å²) in [5.41, 5.74) is 4.84. The van der Waals surface area contributed by atoms with E-state index in [1.807, 2.05) is 6.92 Å². The highest BCUT2D eigenvalue weighted by molar-refractivity contribution is 5.80. The molecule has 1 rings (SSSR count). The highest BCUT2D eigenvalue weighted by Gasteiger charge is 2.41. The van der Waals surface area contributed by atoms with E-state index in [-0.39, 0.29) is 12.0 Å². The van der Waals surface area contributed by atoms with Crippen LogP contribution in [-0.4, -0.2) is 17.1 Å². The highest BCUT2D eigenvalue weighted by atomic mass is 16.3. The van der Waals surface area contributed by atoms with Crippen molar-refractivity contribution in [2.24, 2.45) is 23.0 Å². The molecule has 0 aliphatic heterocycles. The number of amides is 1. The fraction of sp³-hybridized carbons (Fsp3) is 0.909. The first kappa shape index (κ1) is 11.5. The van der Waals surface area contributed by atoms with Crippen LogP contribution in [0.3, 0.4) is 0 Å². The number of carbonyl (C=O) groups excluding carboxylic acids is 1. The first-order chi connectivity index (χ1) is 6.37. The molecule has 0 aromatic carbocycles. The van der Waals surface area contributed by atoms with Crippen molar-refractivity contribution < 1.29 is 9.90 Å². The summed E-state index contributed by atoms with van der Waals surface area (Å²) in [6.07, 6.45) is 1.85. The minimum atomic E-state index is -0.495. The van der Waals surface area contributed by atoms with E-state index in [4.69, 9.17) is 5.73 Å². The Morgan fingerprint density at radius 2 is 2.14 bits per heavy atom. The van der Waals surface area contributed by atoms with Crippen molar-refractivity contribution in [1.82, 2.24) is 0 Å². The predicted octanol–water partition coefficient (Wildman–Crippen LogP) is 1.29. The van der Waals surface area contributed by atoms with Crippen molar-refractivity contribution in [2.75, 3.05) is 0 Å². The van der Waals surface area contributed by atoms with E-state index in [1.165, 1.54) is 0 Å². The fourth-order valence-electron chi connectivity index (χ4n) is 2.39. The fourth-order valence-corrected chi connectivity index (χ4v) is 2.39. The van der Waals surface area contributed by atoms with E-state index in [9.17, 15) is 9.90 Å². The van der Waals surface area contributed by atoms with Gasteiger partial charge in [-0.25, -0.2) is 0 Å². The average molecular weight is 199 g/mol. The van der Waals surface area contributed by atoms with Crippen molar-refractivity contribution in [3.05, 3.63) is 0 Å². The lowest BCUT2D eigenvalue weighted by atomic mass is 9.67. The summed E-state index contributed by atoms with van der Waals surface area (Å²) in [6, 6.07) is 0. The molecule has 0 spiro atoms. The van der Waals surface area contributed by atoms with Crippen LogP contribution in [0, 0.1) is 17.3 Å². The van der Waals surface area contributed by atoms with Crippen LogP contribution in [0.4, 0.5) is 0 Å². The van der Waals surface area contributed by atoms with E-state index >= 15 is 0 Å². The van der Waals surface area contributed by atoms with Crippen LogP contribution in [0.1, 0.15) is 40.0 Å². The molecule has 0 heterocycles. The lowest BCUT2D eigenvalue weighted by molar-refractivity contribution is -0.133. The molecule has 3 heteroatoms. The zero-order valence-electron chi connectivity index (χ0n) is 9.29. The van der Waals surface area contributed by atoms with Crippen LogP contribution in [0.5, 0.6) is 0 Å². The molecule has 1 aliphatic carbocycles. The number of carbonyl (C=O) groups is 1. The van der Waals surface area contributed by atoms with E-state index in [2.05, 4.69) is 13.8 Å². The maximum Gasteiger partial charge on any atom is 0.223 e. The molecular weight excluding hydrogens is 178 g/mol. The Balaban J connectivity index is 2.68. The van der Waals surface area contributed by atoms with Crippen molar-refractivity contribution in [3.8, 4) is 0 Å². The maximum atomic E-state index is 11.2. The summed E-state index contributed by atoms with van der Waals surface area (Å²) in [4.78, 5) is 11.2. The summed E-state index contributed by atoms with van der Waals surface area (Å²) in [5, 5.41) is 9.92. The van der Waals surface area contributed by atoms with E-state index in [0.717, 1.165) is 12.8 Å². The first-order valence-corrected chi connectivity index (χ1v) is 5.35. The second kappa shape index (κ2) is 3.89. The quantitative estimate of drug-likeness (QED) is 0.704. The summed E-state index contributed by atoms with van der Waals surface area (Å²) < 4.78 is 0. The van der Waals surface area contributed by atoms with Crippen LogP contribution in [0.15, 0.2) is 0 Å². The maximum absolute atomic E-state index is 11.2. The van der Waals surface area contributed by atoms with Crippen LogP contribution in [0.2, 0.25) is 0 Å². The van der Waals surface area contributed by atoms with Crippen molar-refractivity contribution in [2.45, 2.75) is 46.1 Å². The second-order valence-electron chi connectivity index (χ2n) is 5.14. The summed E-state index contributed by atoms with van der Waals surface area (Å²) in [5.74, 6) is 0.517. The lowest BCUT2D eigenvalue weighted by Gasteiger charge is -2.40. The molecule has 3 atom stereocenters. The number of nitrogens with two attached hydrogens (primary N) is 1. The lowest BCUT2D eigenvalue weighted by Crippen LogP contribution is -2.44. The molecule has 1 saturated carbocycles. The van der Waals surface area contributed by atoms with Gasteiger partial charge in [-0.1, -0.05) is 20.8 Å². The normalized spacial score (nSPS) is 38.6.